The summed E-state index contributed by atoms with van der Waals surface area (Å²) in [6, 6.07) is 16.9. The molecule has 4 rings (SSSR count). The van der Waals surface area contributed by atoms with Crippen LogP contribution in [0.5, 0.6) is 0 Å². The van der Waals surface area contributed by atoms with Crippen molar-refractivity contribution in [3.05, 3.63) is 76.7 Å². The summed E-state index contributed by atoms with van der Waals surface area (Å²) in [5, 5.41) is 13.9. The monoisotopic (exact) mass is 409 g/mol. The van der Waals surface area contributed by atoms with Crippen LogP contribution in [-0.2, 0) is 16.4 Å². The Morgan fingerprint density at radius 1 is 1.11 bits per heavy atom. The summed E-state index contributed by atoms with van der Waals surface area (Å²) < 4.78 is 27.4. The van der Waals surface area contributed by atoms with Crippen molar-refractivity contribution < 1.29 is 13.2 Å². The van der Waals surface area contributed by atoms with E-state index in [9.17, 15) is 13.2 Å². The van der Waals surface area contributed by atoms with E-state index >= 15 is 0 Å². The molecular formula is C20H15N3O3S2. The number of sulfonamides is 1. The van der Waals surface area contributed by atoms with Crippen molar-refractivity contribution >= 4 is 38.0 Å². The quantitative estimate of drug-likeness (QED) is 0.713. The summed E-state index contributed by atoms with van der Waals surface area (Å²) >= 11 is 1.26. The molecule has 0 saturated heterocycles. The van der Waals surface area contributed by atoms with Gasteiger partial charge in [-0.1, -0.05) is 18.2 Å². The van der Waals surface area contributed by atoms with E-state index in [1.165, 1.54) is 39.9 Å². The molecule has 1 aliphatic heterocycles. The van der Waals surface area contributed by atoms with Crippen molar-refractivity contribution in [1.82, 2.24) is 0 Å². The highest BCUT2D eigenvalue weighted by Gasteiger charge is 2.30. The van der Waals surface area contributed by atoms with Crippen molar-refractivity contribution in [3.8, 4) is 6.07 Å². The molecule has 8 heteroatoms. The topological polar surface area (TPSA) is 90.3 Å². The lowest BCUT2D eigenvalue weighted by Gasteiger charge is -2.19. The molecule has 0 aliphatic carbocycles. The van der Waals surface area contributed by atoms with E-state index in [1.807, 2.05) is 24.3 Å². The molecule has 3 aromatic rings. The molecule has 0 fully saturated rings. The zero-order chi connectivity index (χ0) is 19.7. The van der Waals surface area contributed by atoms with Crippen LogP contribution in [0.15, 0.2) is 64.9 Å². The van der Waals surface area contributed by atoms with Crippen molar-refractivity contribution in [2.45, 2.75) is 11.3 Å². The summed E-state index contributed by atoms with van der Waals surface area (Å²) in [5.74, 6) is -0.394. The van der Waals surface area contributed by atoms with E-state index in [0.29, 0.717) is 34.8 Å². The largest absolute Gasteiger partial charge is 0.312 e. The Hall–Kier alpha value is -3.15. The second kappa shape index (κ2) is 7.11. The second-order valence-corrected chi connectivity index (χ2v) is 8.99. The summed E-state index contributed by atoms with van der Waals surface area (Å²) in [7, 11) is -3.69. The Balaban J connectivity index is 1.56. The lowest BCUT2D eigenvalue weighted by molar-refractivity contribution is 0.102. The molecular weight excluding hydrogens is 394 g/mol. The number of fused-ring (bicyclic) bond motifs is 1. The number of nitrogens with zero attached hydrogens (tertiary/aromatic N) is 2. The van der Waals surface area contributed by atoms with Crippen molar-refractivity contribution in [3.63, 3.8) is 0 Å². The molecule has 6 nitrogen and oxygen atoms in total. The second-order valence-electron chi connectivity index (χ2n) is 6.21. The van der Waals surface area contributed by atoms with Crippen LogP contribution in [0.1, 0.15) is 21.5 Å². The fourth-order valence-corrected chi connectivity index (χ4v) is 5.37. The molecule has 0 spiro atoms. The van der Waals surface area contributed by atoms with Crippen LogP contribution in [0.3, 0.4) is 0 Å². The van der Waals surface area contributed by atoms with E-state index in [2.05, 4.69) is 5.32 Å². The minimum absolute atomic E-state index is 0.134. The maximum Gasteiger partial charge on any atom is 0.264 e. The zero-order valence-corrected chi connectivity index (χ0v) is 16.3. The number of benzene rings is 2. The number of anilines is 2. The normalized spacial score (nSPS) is 13.0. The van der Waals surface area contributed by atoms with Gasteiger partial charge in [-0.15, -0.1) is 11.3 Å². The first-order chi connectivity index (χ1) is 13.5. The Kier molecular flexibility index (Phi) is 4.63. The highest BCUT2D eigenvalue weighted by Crippen LogP contribution is 2.32. The molecule has 1 N–H and O–H groups in total. The molecule has 140 valence electrons. The number of rotatable bonds is 4. The van der Waals surface area contributed by atoms with Gasteiger partial charge in [-0.3, -0.25) is 9.10 Å². The lowest BCUT2D eigenvalue weighted by atomic mass is 10.2. The van der Waals surface area contributed by atoms with Gasteiger partial charge in [-0.2, -0.15) is 5.26 Å². The van der Waals surface area contributed by atoms with Crippen molar-refractivity contribution in [1.29, 1.82) is 5.26 Å². The molecule has 1 aromatic heterocycles. The SMILES string of the molecule is N#Cc1ccsc1NC(=O)c1ccc(S(=O)(=O)N2CCc3ccccc32)cc1. The number of para-hydroxylation sites is 1. The fraction of sp³-hybridized carbons (Fsp3) is 0.100. The molecule has 2 aromatic carbocycles. The number of hydrogen-bond acceptors (Lipinski definition) is 5. The average Bonchev–Trinajstić information content (AvgIpc) is 3.34. The number of amides is 1. The third kappa shape index (κ3) is 3.15. The lowest BCUT2D eigenvalue weighted by Crippen LogP contribution is -2.29. The number of nitrogens with one attached hydrogen (secondary N) is 1. The van der Waals surface area contributed by atoms with E-state index in [1.54, 1.807) is 17.5 Å². The number of nitriles is 1. The van der Waals surface area contributed by atoms with Gasteiger partial charge < -0.3 is 5.32 Å². The average molecular weight is 409 g/mol. The van der Waals surface area contributed by atoms with Gasteiger partial charge in [0.2, 0.25) is 0 Å². The maximum absolute atomic E-state index is 13.0. The van der Waals surface area contributed by atoms with Gasteiger partial charge in [0, 0.05) is 12.1 Å². The van der Waals surface area contributed by atoms with Crippen LogP contribution in [-0.4, -0.2) is 20.9 Å². The highest BCUT2D eigenvalue weighted by molar-refractivity contribution is 7.92. The maximum atomic E-state index is 13.0. The smallest absolute Gasteiger partial charge is 0.264 e. The standard InChI is InChI=1S/C20H15N3O3S2/c21-13-16-10-12-27-20(16)22-19(24)15-5-7-17(8-6-15)28(25,26)23-11-9-14-3-1-2-4-18(14)23/h1-8,10,12H,9,11H2,(H,22,24). The molecule has 1 aliphatic rings. The van der Waals surface area contributed by atoms with E-state index in [-0.39, 0.29) is 4.90 Å². The van der Waals surface area contributed by atoms with Crippen LogP contribution < -0.4 is 9.62 Å². The molecule has 0 radical (unpaired) electrons. The van der Waals surface area contributed by atoms with Crippen LogP contribution in [0.2, 0.25) is 0 Å². The fourth-order valence-electron chi connectivity index (χ4n) is 3.13. The Morgan fingerprint density at radius 2 is 1.86 bits per heavy atom. The van der Waals surface area contributed by atoms with Crippen LogP contribution >= 0.6 is 11.3 Å². The van der Waals surface area contributed by atoms with Gasteiger partial charge in [-0.25, -0.2) is 8.42 Å². The first kappa shape index (κ1) is 18.2. The van der Waals surface area contributed by atoms with Crippen LogP contribution in [0.25, 0.3) is 0 Å². The molecule has 0 saturated carbocycles. The summed E-state index contributed by atoms with van der Waals surface area (Å²) in [4.78, 5) is 12.5. The summed E-state index contributed by atoms with van der Waals surface area (Å²) in [5.41, 5.74) is 2.42. The first-order valence-corrected chi connectivity index (χ1v) is 10.8. The van der Waals surface area contributed by atoms with Gasteiger partial charge in [0.25, 0.3) is 15.9 Å². The first-order valence-electron chi connectivity index (χ1n) is 8.50. The van der Waals surface area contributed by atoms with Gasteiger partial charge in [0.1, 0.15) is 11.1 Å². The minimum Gasteiger partial charge on any atom is -0.312 e. The van der Waals surface area contributed by atoms with Gasteiger partial charge in [0.05, 0.1) is 16.1 Å². The van der Waals surface area contributed by atoms with Gasteiger partial charge >= 0.3 is 0 Å². The summed E-state index contributed by atoms with van der Waals surface area (Å²) in [6.45, 7) is 0.402. The predicted octanol–water partition coefficient (Wildman–Crippen LogP) is 3.62. The van der Waals surface area contributed by atoms with Crippen molar-refractivity contribution in [2.75, 3.05) is 16.2 Å². The Morgan fingerprint density at radius 3 is 2.61 bits per heavy atom. The van der Waals surface area contributed by atoms with E-state index < -0.39 is 15.9 Å². The number of carbonyl (C=O) groups excluding carboxylic acids is 1. The predicted molar refractivity (Wildman–Crippen MR) is 108 cm³/mol. The Labute approximate surface area is 166 Å². The third-order valence-electron chi connectivity index (χ3n) is 4.56. The minimum atomic E-state index is -3.69. The molecule has 28 heavy (non-hydrogen) atoms. The van der Waals surface area contributed by atoms with Crippen LogP contribution in [0, 0.1) is 11.3 Å². The van der Waals surface area contributed by atoms with Crippen molar-refractivity contribution in [2.24, 2.45) is 0 Å². The number of carbonyl (C=O) groups is 1. The molecule has 1 amide bonds. The van der Waals surface area contributed by atoms with E-state index in [0.717, 1.165) is 5.56 Å². The molecule has 0 unspecified atom stereocenters. The van der Waals surface area contributed by atoms with Gasteiger partial charge in [-0.05, 0) is 53.8 Å². The number of thiophene rings is 1. The molecule has 0 bridgehead atoms. The highest BCUT2D eigenvalue weighted by atomic mass is 32.2. The van der Waals surface area contributed by atoms with Crippen LogP contribution in [0.4, 0.5) is 10.7 Å². The van der Waals surface area contributed by atoms with Gasteiger partial charge in [0.15, 0.2) is 0 Å². The summed E-state index contributed by atoms with van der Waals surface area (Å²) in [6.07, 6.45) is 0.679. The van der Waals surface area contributed by atoms with E-state index in [4.69, 9.17) is 5.26 Å². The Bertz CT molecular complexity index is 1190. The molecule has 0 atom stereocenters. The molecule has 2 heterocycles. The number of hydrogen-bond donors (Lipinski definition) is 1. The third-order valence-corrected chi connectivity index (χ3v) is 7.22. The zero-order valence-electron chi connectivity index (χ0n) is 14.6.